The first-order valence-corrected chi connectivity index (χ1v) is 10.2. The molecule has 2 amide bonds. The lowest BCUT2D eigenvalue weighted by molar-refractivity contribution is -0.123. The van der Waals surface area contributed by atoms with Crippen molar-refractivity contribution in [2.24, 2.45) is 0 Å². The van der Waals surface area contributed by atoms with Gasteiger partial charge in [0.05, 0.1) is 11.4 Å². The summed E-state index contributed by atoms with van der Waals surface area (Å²) in [6.45, 7) is 2.12. The second kappa shape index (κ2) is 8.32. The number of fused-ring (bicyclic) bond motifs is 1. The van der Waals surface area contributed by atoms with Crippen LogP contribution in [0.3, 0.4) is 0 Å². The molecule has 25 heavy (non-hydrogen) atoms. The topological polar surface area (TPSA) is 52.7 Å². The highest BCUT2D eigenvalue weighted by atomic mass is 32.1. The van der Waals surface area contributed by atoms with Crippen LogP contribution in [0.2, 0.25) is 0 Å². The minimum atomic E-state index is 0.0667. The van der Waals surface area contributed by atoms with Gasteiger partial charge in [-0.3, -0.25) is 14.5 Å². The molecule has 0 radical (unpaired) electrons. The van der Waals surface area contributed by atoms with Crippen molar-refractivity contribution in [3.63, 3.8) is 0 Å². The lowest BCUT2D eigenvalue weighted by Crippen LogP contribution is -2.43. The van der Waals surface area contributed by atoms with Crippen LogP contribution < -0.4 is 5.32 Å². The van der Waals surface area contributed by atoms with Gasteiger partial charge in [0, 0.05) is 38.1 Å². The Balaban J connectivity index is 1.53. The molecule has 0 atom stereocenters. The Bertz CT molecular complexity index is 618. The van der Waals surface area contributed by atoms with Crippen LogP contribution >= 0.6 is 11.3 Å². The Labute approximate surface area is 154 Å². The molecule has 6 heteroatoms. The van der Waals surface area contributed by atoms with E-state index in [4.69, 9.17) is 0 Å². The van der Waals surface area contributed by atoms with Crippen LogP contribution in [0.1, 0.15) is 58.6 Å². The predicted molar refractivity (Wildman–Crippen MR) is 101 cm³/mol. The number of nitrogens with one attached hydrogen (secondary N) is 1. The van der Waals surface area contributed by atoms with Crippen molar-refractivity contribution in [3.05, 3.63) is 21.4 Å². The number of amides is 2. The van der Waals surface area contributed by atoms with Gasteiger partial charge in [-0.15, -0.1) is 11.3 Å². The Hall–Kier alpha value is -1.40. The van der Waals surface area contributed by atoms with Crippen LogP contribution in [0.15, 0.2) is 6.07 Å². The summed E-state index contributed by atoms with van der Waals surface area (Å²) in [6, 6.07) is 2.37. The van der Waals surface area contributed by atoms with Gasteiger partial charge in [0.2, 0.25) is 5.91 Å². The Morgan fingerprint density at radius 3 is 2.64 bits per heavy atom. The molecule has 0 unspecified atom stereocenters. The highest BCUT2D eigenvalue weighted by Crippen LogP contribution is 2.28. The standard InChI is InChI=1S/C19H29N3O2S/c1-21(2)19(24)17-11-14-12-22(10-9-16(14)25-17)13-18(23)20-15-7-5-3-4-6-8-15/h11,15H,3-10,12-13H2,1-2H3,(H,20,23). The Kier molecular flexibility index (Phi) is 6.12. The molecule has 0 bridgehead atoms. The van der Waals surface area contributed by atoms with Gasteiger partial charge >= 0.3 is 0 Å². The number of carbonyl (C=O) groups is 2. The van der Waals surface area contributed by atoms with Crippen molar-refractivity contribution in [1.82, 2.24) is 15.1 Å². The normalized spacial score (nSPS) is 19.1. The molecule has 1 fully saturated rings. The lowest BCUT2D eigenvalue weighted by atomic mass is 10.1. The average Bonchev–Trinajstić information content (AvgIpc) is 2.83. The molecule has 0 saturated heterocycles. The van der Waals surface area contributed by atoms with Crippen LogP contribution in [0.4, 0.5) is 0 Å². The van der Waals surface area contributed by atoms with Gasteiger partial charge in [0.25, 0.3) is 5.91 Å². The van der Waals surface area contributed by atoms with Gasteiger partial charge in [-0.1, -0.05) is 25.7 Å². The van der Waals surface area contributed by atoms with Gasteiger partial charge in [-0.05, 0) is 30.9 Å². The van der Waals surface area contributed by atoms with E-state index in [2.05, 4.69) is 10.2 Å². The molecule has 1 aliphatic carbocycles. The van der Waals surface area contributed by atoms with Gasteiger partial charge < -0.3 is 10.2 Å². The molecule has 2 aliphatic rings. The highest BCUT2D eigenvalue weighted by molar-refractivity contribution is 7.14. The van der Waals surface area contributed by atoms with Crippen molar-refractivity contribution >= 4 is 23.2 Å². The fourth-order valence-electron chi connectivity index (χ4n) is 3.75. The van der Waals surface area contributed by atoms with E-state index in [0.29, 0.717) is 12.6 Å². The van der Waals surface area contributed by atoms with Crippen molar-refractivity contribution < 1.29 is 9.59 Å². The zero-order chi connectivity index (χ0) is 17.8. The largest absolute Gasteiger partial charge is 0.352 e. The van der Waals surface area contributed by atoms with E-state index in [9.17, 15) is 9.59 Å². The summed E-state index contributed by atoms with van der Waals surface area (Å²) in [6.07, 6.45) is 8.23. The second-order valence-electron chi connectivity index (χ2n) is 7.48. The van der Waals surface area contributed by atoms with E-state index >= 15 is 0 Å². The minimum Gasteiger partial charge on any atom is -0.352 e. The predicted octanol–water partition coefficient (Wildman–Crippen LogP) is 2.65. The summed E-state index contributed by atoms with van der Waals surface area (Å²) in [5, 5.41) is 3.23. The summed E-state index contributed by atoms with van der Waals surface area (Å²) < 4.78 is 0. The van der Waals surface area contributed by atoms with E-state index in [0.717, 1.165) is 37.2 Å². The van der Waals surface area contributed by atoms with E-state index in [1.807, 2.05) is 6.07 Å². The number of thiophene rings is 1. The molecule has 1 aliphatic heterocycles. The van der Waals surface area contributed by atoms with Gasteiger partial charge in [0.1, 0.15) is 0 Å². The van der Waals surface area contributed by atoms with Crippen LogP contribution in [0.25, 0.3) is 0 Å². The first-order chi connectivity index (χ1) is 12.0. The molecule has 1 N–H and O–H groups in total. The van der Waals surface area contributed by atoms with Crippen LogP contribution in [-0.4, -0.2) is 54.8 Å². The first-order valence-electron chi connectivity index (χ1n) is 9.38. The molecule has 138 valence electrons. The number of carbonyl (C=O) groups excluding carboxylic acids is 2. The molecule has 2 heterocycles. The van der Waals surface area contributed by atoms with Crippen molar-refractivity contribution in [2.75, 3.05) is 27.2 Å². The summed E-state index contributed by atoms with van der Waals surface area (Å²) in [5.41, 5.74) is 1.21. The van der Waals surface area contributed by atoms with Crippen LogP contribution in [-0.2, 0) is 17.8 Å². The number of hydrogen-bond acceptors (Lipinski definition) is 4. The minimum absolute atomic E-state index is 0.0667. The fraction of sp³-hybridized carbons (Fsp3) is 0.684. The third kappa shape index (κ3) is 4.82. The molecule has 3 rings (SSSR count). The highest BCUT2D eigenvalue weighted by Gasteiger charge is 2.24. The van der Waals surface area contributed by atoms with E-state index in [-0.39, 0.29) is 11.8 Å². The summed E-state index contributed by atoms with van der Waals surface area (Å²) >= 11 is 1.61. The molecule has 0 aromatic carbocycles. The fourth-order valence-corrected chi connectivity index (χ4v) is 4.94. The maximum Gasteiger partial charge on any atom is 0.263 e. The molecule has 0 spiro atoms. The molecule has 1 saturated carbocycles. The molecule has 1 aromatic heterocycles. The number of nitrogens with zero attached hydrogens (tertiary/aromatic N) is 2. The molecular weight excluding hydrogens is 334 g/mol. The Morgan fingerprint density at radius 1 is 1.24 bits per heavy atom. The third-order valence-corrected chi connectivity index (χ3v) is 6.38. The molecular formula is C19H29N3O2S. The van der Waals surface area contributed by atoms with Gasteiger partial charge in [-0.2, -0.15) is 0 Å². The van der Waals surface area contributed by atoms with Crippen molar-refractivity contribution in [2.45, 2.75) is 57.5 Å². The monoisotopic (exact) mass is 363 g/mol. The third-order valence-electron chi connectivity index (χ3n) is 5.15. The second-order valence-corrected chi connectivity index (χ2v) is 8.61. The van der Waals surface area contributed by atoms with Crippen molar-refractivity contribution in [1.29, 1.82) is 0 Å². The summed E-state index contributed by atoms with van der Waals surface area (Å²) in [7, 11) is 3.57. The average molecular weight is 364 g/mol. The van der Waals surface area contributed by atoms with Crippen molar-refractivity contribution in [3.8, 4) is 0 Å². The summed E-state index contributed by atoms with van der Waals surface area (Å²) in [4.78, 5) is 30.4. The quantitative estimate of drug-likeness (QED) is 0.837. The maximum absolute atomic E-state index is 12.4. The molecule has 1 aromatic rings. The number of hydrogen-bond donors (Lipinski definition) is 1. The van der Waals surface area contributed by atoms with E-state index in [1.165, 1.54) is 36.1 Å². The maximum atomic E-state index is 12.4. The zero-order valence-electron chi connectivity index (χ0n) is 15.3. The summed E-state index contributed by atoms with van der Waals surface area (Å²) in [5.74, 6) is 0.215. The number of rotatable bonds is 4. The smallest absolute Gasteiger partial charge is 0.263 e. The zero-order valence-corrected chi connectivity index (χ0v) is 16.2. The van der Waals surface area contributed by atoms with E-state index < -0.39 is 0 Å². The van der Waals surface area contributed by atoms with Crippen LogP contribution in [0, 0.1) is 0 Å². The first kappa shape index (κ1) is 18.4. The van der Waals surface area contributed by atoms with Gasteiger partial charge in [-0.25, -0.2) is 0 Å². The van der Waals surface area contributed by atoms with E-state index in [1.54, 1.807) is 30.3 Å². The van der Waals surface area contributed by atoms with Gasteiger partial charge in [0.15, 0.2) is 0 Å². The van der Waals surface area contributed by atoms with Crippen LogP contribution in [0.5, 0.6) is 0 Å². The Morgan fingerprint density at radius 2 is 1.96 bits per heavy atom. The molecule has 5 nitrogen and oxygen atoms in total. The lowest BCUT2D eigenvalue weighted by Gasteiger charge is -2.27. The SMILES string of the molecule is CN(C)C(=O)c1cc2c(s1)CCN(CC(=O)NC1CCCCCC1)C2.